The maximum absolute atomic E-state index is 5.68. The first kappa shape index (κ1) is 14.9. The Balaban J connectivity index is 1.60. The zero-order chi connectivity index (χ0) is 16.4. The van der Waals surface area contributed by atoms with Crippen LogP contribution in [0.5, 0.6) is 5.75 Å². The second kappa shape index (κ2) is 6.47. The van der Waals surface area contributed by atoms with Crippen LogP contribution in [0.3, 0.4) is 0 Å². The minimum Gasteiger partial charge on any atom is -0.494 e. The van der Waals surface area contributed by atoms with Crippen molar-refractivity contribution in [1.82, 2.24) is 19.7 Å². The van der Waals surface area contributed by atoms with Crippen molar-refractivity contribution in [2.75, 3.05) is 6.61 Å². The summed E-state index contributed by atoms with van der Waals surface area (Å²) in [7, 11) is 0. The van der Waals surface area contributed by atoms with Gasteiger partial charge in [0.15, 0.2) is 0 Å². The first-order valence-electron chi connectivity index (χ1n) is 8.43. The Morgan fingerprint density at radius 3 is 3.25 bits per heavy atom. The maximum Gasteiger partial charge on any atom is 0.250 e. The number of hydrogen-bond donors (Lipinski definition) is 0. The van der Waals surface area contributed by atoms with Gasteiger partial charge < -0.3 is 13.8 Å². The van der Waals surface area contributed by atoms with Gasteiger partial charge in [-0.15, -0.1) is 0 Å². The van der Waals surface area contributed by atoms with E-state index in [1.807, 2.05) is 36.7 Å². The van der Waals surface area contributed by atoms with Crippen LogP contribution in [0.1, 0.15) is 43.9 Å². The lowest BCUT2D eigenvalue weighted by atomic mass is 10.0. The quantitative estimate of drug-likeness (QED) is 0.717. The summed E-state index contributed by atoms with van der Waals surface area (Å²) in [5.74, 6) is 3.15. The number of benzene rings is 1. The molecule has 1 aromatic carbocycles. The molecule has 2 aromatic heterocycles. The fourth-order valence-corrected chi connectivity index (χ4v) is 3.09. The Bertz CT molecular complexity index is 824. The summed E-state index contributed by atoms with van der Waals surface area (Å²) in [5, 5.41) is 4.16. The topological polar surface area (TPSA) is 66.0 Å². The fraction of sp³-hybridized carbons (Fsp3) is 0.389. The lowest BCUT2D eigenvalue weighted by Gasteiger charge is -2.21. The molecule has 4 rings (SSSR count). The van der Waals surface area contributed by atoms with Crippen molar-refractivity contribution >= 4 is 0 Å². The highest BCUT2D eigenvalue weighted by Gasteiger charge is 2.26. The molecule has 24 heavy (non-hydrogen) atoms. The summed E-state index contributed by atoms with van der Waals surface area (Å²) in [4.78, 5) is 9.02. The van der Waals surface area contributed by atoms with E-state index in [-0.39, 0.29) is 6.04 Å². The lowest BCUT2D eigenvalue weighted by Crippen LogP contribution is -2.18. The van der Waals surface area contributed by atoms with E-state index >= 15 is 0 Å². The van der Waals surface area contributed by atoms with Crippen molar-refractivity contribution < 1.29 is 9.26 Å². The number of nitrogens with zero attached hydrogens (tertiary/aromatic N) is 4. The summed E-state index contributed by atoms with van der Waals surface area (Å²) in [6.45, 7) is 2.79. The van der Waals surface area contributed by atoms with Crippen molar-refractivity contribution in [3.8, 4) is 17.1 Å². The van der Waals surface area contributed by atoms with Crippen molar-refractivity contribution in [2.45, 2.75) is 38.6 Å². The Kier molecular flexibility index (Phi) is 4.02. The number of hydrogen-bond acceptors (Lipinski definition) is 5. The molecule has 1 aliphatic rings. The van der Waals surface area contributed by atoms with Gasteiger partial charge in [-0.05, 0) is 31.4 Å². The summed E-state index contributed by atoms with van der Waals surface area (Å²) < 4.78 is 13.4. The predicted molar refractivity (Wildman–Crippen MR) is 88.8 cm³/mol. The molecular weight excluding hydrogens is 304 g/mol. The Morgan fingerprint density at radius 2 is 2.33 bits per heavy atom. The second-order valence-electron chi connectivity index (χ2n) is 5.99. The minimum absolute atomic E-state index is 0.0806. The van der Waals surface area contributed by atoms with Crippen LogP contribution in [0.15, 0.2) is 41.2 Å². The van der Waals surface area contributed by atoms with Gasteiger partial charge >= 0.3 is 0 Å². The van der Waals surface area contributed by atoms with Crippen LogP contribution in [-0.2, 0) is 6.42 Å². The zero-order valence-corrected chi connectivity index (χ0v) is 13.7. The Labute approximate surface area is 140 Å². The second-order valence-corrected chi connectivity index (χ2v) is 5.99. The molecule has 3 aromatic rings. The van der Waals surface area contributed by atoms with Crippen LogP contribution in [0.2, 0.25) is 0 Å². The van der Waals surface area contributed by atoms with Gasteiger partial charge in [-0.3, -0.25) is 0 Å². The number of fused-ring (bicyclic) bond motifs is 1. The van der Waals surface area contributed by atoms with E-state index in [9.17, 15) is 0 Å². The van der Waals surface area contributed by atoms with E-state index in [1.165, 1.54) is 0 Å². The van der Waals surface area contributed by atoms with Crippen LogP contribution >= 0.6 is 0 Å². The van der Waals surface area contributed by atoms with Crippen molar-refractivity contribution in [1.29, 1.82) is 0 Å². The zero-order valence-electron chi connectivity index (χ0n) is 13.7. The number of aryl methyl sites for hydroxylation is 1. The Morgan fingerprint density at radius 1 is 1.38 bits per heavy atom. The monoisotopic (exact) mass is 324 g/mol. The molecular formula is C18H20N4O2. The van der Waals surface area contributed by atoms with Crippen LogP contribution in [0.25, 0.3) is 11.4 Å². The molecule has 124 valence electrons. The first-order valence-corrected chi connectivity index (χ1v) is 8.43. The van der Waals surface area contributed by atoms with E-state index in [2.05, 4.69) is 26.6 Å². The smallest absolute Gasteiger partial charge is 0.250 e. The number of imidazole rings is 1. The van der Waals surface area contributed by atoms with Gasteiger partial charge in [0.1, 0.15) is 17.6 Å². The highest BCUT2D eigenvalue weighted by atomic mass is 16.5. The molecule has 0 N–H and O–H groups in total. The highest BCUT2D eigenvalue weighted by Crippen LogP contribution is 2.30. The van der Waals surface area contributed by atoms with E-state index in [1.54, 1.807) is 0 Å². The molecule has 0 spiro atoms. The van der Waals surface area contributed by atoms with Crippen LogP contribution in [0, 0.1) is 0 Å². The maximum atomic E-state index is 5.68. The van der Waals surface area contributed by atoms with E-state index in [0.29, 0.717) is 18.3 Å². The van der Waals surface area contributed by atoms with Crippen molar-refractivity contribution in [3.63, 3.8) is 0 Å². The van der Waals surface area contributed by atoms with Gasteiger partial charge in [0, 0.05) is 24.4 Å². The normalized spacial score (nSPS) is 16.8. The van der Waals surface area contributed by atoms with Gasteiger partial charge in [-0.1, -0.05) is 24.2 Å². The third-order valence-corrected chi connectivity index (χ3v) is 4.25. The van der Waals surface area contributed by atoms with Crippen LogP contribution in [0.4, 0.5) is 0 Å². The molecule has 6 nitrogen and oxygen atoms in total. The molecule has 1 atom stereocenters. The highest BCUT2D eigenvalue weighted by molar-refractivity contribution is 5.56. The molecule has 1 unspecified atom stereocenters. The molecule has 0 bridgehead atoms. The predicted octanol–water partition coefficient (Wildman–Crippen LogP) is 3.65. The summed E-state index contributed by atoms with van der Waals surface area (Å²) in [5.41, 5.74) is 0.903. The van der Waals surface area contributed by atoms with Gasteiger partial charge in [-0.2, -0.15) is 4.98 Å². The third-order valence-electron chi connectivity index (χ3n) is 4.25. The molecule has 0 amide bonds. The molecule has 0 fully saturated rings. The summed E-state index contributed by atoms with van der Waals surface area (Å²) >= 11 is 0. The molecule has 0 radical (unpaired) electrons. The van der Waals surface area contributed by atoms with Gasteiger partial charge in [0.05, 0.1) is 6.61 Å². The van der Waals surface area contributed by atoms with Crippen molar-refractivity contribution in [3.05, 3.63) is 48.4 Å². The molecule has 0 aliphatic carbocycles. The molecule has 0 saturated carbocycles. The average molecular weight is 324 g/mol. The van der Waals surface area contributed by atoms with Crippen LogP contribution in [-0.4, -0.2) is 26.3 Å². The van der Waals surface area contributed by atoms with E-state index < -0.39 is 0 Å². The van der Waals surface area contributed by atoms with Gasteiger partial charge in [0.25, 0.3) is 0 Å². The number of rotatable bonds is 5. The first-order chi connectivity index (χ1) is 11.8. The number of ether oxygens (including phenoxy) is 1. The molecule has 3 heterocycles. The third kappa shape index (κ3) is 2.79. The van der Waals surface area contributed by atoms with Gasteiger partial charge in [0.2, 0.25) is 11.7 Å². The Hall–Kier alpha value is -2.63. The minimum atomic E-state index is 0.0806. The van der Waals surface area contributed by atoms with Crippen LogP contribution < -0.4 is 4.74 Å². The average Bonchev–Trinajstić information content (AvgIpc) is 3.29. The standard InChI is InChI=1S/C18H20N4O2/c1-2-11-23-14-6-3-5-13(12-14)17-20-18(24-21-17)15-7-4-8-16-19-9-10-22(15)16/h3,5-6,9-10,12,15H,2,4,7-8,11H2,1H3. The molecule has 0 saturated heterocycles. The van der Waals surface area contributed by atoms with E-state index in [4.69, 9.17) is 9.26 Å². The molecule has 1 aliphatic heterocycles. The summed E-state index contributed by atoms with van der Waals surface area (Å²) in [6.07, 6.45) is 7.87. The molecule has 6 heteroatoms. The summed E-state index contributed by atoms with van der Waals surface area (Å²) in [6, 6.07) is 7.89. The SMILES string of the molecule is CCCOc1cccc(-c2noc(C3CCCc4nccn43)n2)c1. The van der Waals surface area contributed by atoms with Gasteiger partial charge in [-0.25, -0.2) is 4.98 Å². The largest absolute Gasteiger partial charge is 0.494 e. The lowest BCUT2D eigenvalue weighted by molar-refractivity contribution is 0.309. The fourth-order valence-electron chi connectivity index (χ4n) is 3.09. The van der Waals surface area contributed by atoms with E-state index in [0.717, 1.165) is 42.8 Å². The number of aromatic nitrogens is 4. The van der Waals surface area contributed by atoms with Crippen molar-refractivity contribution in [2.24, 2.45) is 0 Å².